The lowest BCUT2D eigenvalue weighted by atomic mass is 9.97. The molecule has 0 radical (unpaired) electrons. The van der Waals surface area contributed by atoms with Gasteiger partial charge in [0.15, 0.2) is 0 Å². The maximum atomic E-state index is 4.49. The molecule has 1 unspecified atom stereocenters. The third-order valence-electron chi connectivity index (χ3n) is 3.39. The van der Waals surface area contributed by atoms with Crippen LogP contribution in [0.4, 0.5) is 0 Å². The minimum atomic E-state index is 0.344. The summed E-state index contributed by atoms with van der Waals surface area (Å²) in [6, 6.07) is 11.0. The number of aryl methyl sites for hydroxylation is 2. The van der Waals surface area contributed by atoms with E-state index in [4.69, 9.17) is 0 Å². The molecule has 0 saturated carbocycles. The van der Waals surface area contributed by atoms with Crippen LogP contribution >= 0.6 is 0 Å². The van der Waals surface area contributed by atoms with Crippen LogP contribution in [0.1, 0.15) is 36.2 Å². The summed E-state index contributed by atoms with van der Waals surface area (Å²) in [6.07, 6.45) is 4.08. The summed E-state index contributed by atoms with van der Waals surface area (Å²) in [4.78, 5) is 0. The molecule has 2 aromatic rings. The number of benzene rings is 1. The van der Waals surface area contributed by atoms with Gasteiger partial charge in [-0.2, -0.15) is 5.10 Å². The summed E-state index contributed by atoms with van der Waals surface area (Å²) in [5, 5.41) is 8.13. The fourth-order valence-corrected chi connectivity index (χ4v) is 2.37. The van der Waals surface area contributed by atoms with E-state index in [1.807, 2.05) is 17.9 Å². The van der Waals surface area contributed by atoms with Crippen molar-refractivity contribution in [3.8, 4) is 0 Å². The molecule has 0 bridgehead atoms. The van der Waals surface area contributed by atoms with Gasteiger partial charge in [-0.1, -0.05) is 31.2 Å². The highest BCUT2D eigenvalue weighted by atomic mass is 15.2. The van der Waals surface area contributed by atoms with Crippen molar-refractivity contribution < 1.29 is 0 Å². The van der Waals surface area contributed by atoms with E-state index in [-0.39, 0.29) is 0 Å². The number of aromatic nitrogens is 2. The average molecular weight is 257 g/mol. The van der Waals surface area contributed by atoms with E-state index in [2.05, 4.69) is 54.6 Å². The fourth-order valence-electron chi connectivity index (χ4n) is 2.37. The first-order valence-corrected chi connectivity index (χ1v) is 6.98. The molecule has 102 valence electrons. The summed E-state index contributed by atoms with van der Waals surface area (Å²) < 4.78 is 1.87. The lowest BCUT2D eigenvalue weighted by Crippen LogP contribution is -2.25. The highest BCUT2D eigenvalue weighted by Crippen LogP contribution is 2.21. The molecule has 0 aliphatic heterocycles. The van der Waals surface area contributed by atoms with Gasteiger partial charge in [0.05, 0.1) is 5.69 Å². The zero-order valence-corrected chi connectivity index (χ0v) is 12.1. The Morgan fingerprint density at radius 3 is 2.68 bits per heavy atom. The molecule has 1 aromatic carbocycles. The number of nitrogens with one attached hydrogen (secondary N) is 1. The number of hydrogen-bond donors (Lipinski definition) is 1. The molecule has 0 saturated heterocycles. The van der Waals surface area contributed by atoms with Crippen molar-refractivity contribution in [3.05, 3.63) is 53.3 Å². The minimum Gasteiger partial charge on any atom is -0.310 e. The molecule has 0 spiro atoms. The predicted octanol–water partition coefficient (Wildman–Crippen LogP) is 3.01. The second-order valence-electron chi connectivity index (χ2n) is 5.05. The van der Waals surface area contributed by atoms with Gasteiger partial charge in [0.2, 0.25) is 0 Å². The molecule has 3 heteroatoms. The van der Waals surface area contributed by atoms with Gasteiger partial charge in [-0.15, -0.1) is 0 Å². The molecule has 1 aromatic heterocycles. The molecule has 2 rings (SSSR count). The van der Waals surface area contributed by atoms with Gasteiger partial charge in [0, 0.05) is 25.7 Å². The molecule has 1 N–H and O–H groups in total. The summed E-state index contributed by atoms with van der Waals surface area (Å²) in [7, 11) is 1.96. The highest BCUT2D eigenvalue weighted by molar-refractivity contribution is 5.29. The van der Waals surface area contributed by atoms with Crippen molar-refractivity contribution in [2.24, 2.45) is 7.05 Å². The molecule has 0 amide bonds. The number of nitrogens with zero attached hydrogens (tertiary/aromatic N) is 2. The Hall–Kier alpha value is -1.61. The van der Waals surface area contributed by atoms with Gasteiger partial charge in [-0.05, 0) is 37.1 Å². The van der Waals surface area contributed by atoms with E-state index in [0.717, 1.165) is 25.1 Å². The van der Waals surface area contributed by atoms with Gasteiger partial charge >= 0.3 is 0 Å². The Balaban J connectivity index is 2.18. The van der Waals surface area contributed by atoms with Crippen LogP contribution in [-0.2, 0) is 13.5 Å². The molecular formula is C16H23N3. The van der Waals surface area contributed by atoms with Gasteiger partial charge in [-0.25, -0.2) is 0 Å². The maximum absolute atomic E-state index is 4.49. The molecule has 0 aliphatic rings. The van der Waals surface area contributed by atoms with Crippen molar-refractivity contribution in [1.29, 1.82) is 0 Å². The normalized spacial score (nSPS) is 12.6. The molecular weight excluding hydrogens is 234 g/mol. The van der Waals surface area contributed by atoms with Gasteiger partial charge in [0.1, 0.15) is 0 Å². The van der Waals surface area contributed by atoms with Crippen molar-refractivity contribution >= 4 is 0 Å². The molecule has 0 fully saturated rings. The Bertz CT molecular complexity index is 516. The van der Waals surface area contributed by atoms with Gasteiger partial charge < -0.3 is 5.32 Å². The van der Waals surface area contributed by atoms with Gasteiger partial charge in [-0.3, -0.25) is 4.68 Å². The molecule has 1 atom stereocenters. The first-order chi connectivity index (χ1) is 9.20. The Morgan fingerprint density at radius 1 is 1.26 bits per heavy atom. The van der Waals surface area contributed by atoms with E-state index in [0.29, 0.717) is 6.04 Å². The van der Waals surface area contributed by atoms with Crippen molar-refractivity contribution in [3.63, 3.8) is 0 Å². The van der Waals surface area contributed by atoms with E-state index in [1.54, 1.807) is 0 Å². The summed E-state index contributed by atoms with van der Waals surface area (Å²) >= 11 is 0. The lowest BCUT2D eigenvalue weighted by molar-refractivity contribution is 0.519. The average Bonchev–Trinajstić information content (AvgIpc) is 2.81. The summed E-state index contributed by atoms with van der Waals surface area (Å²) in [5.74, 6) is 0. The largest absolute Gasteiger partial charge is 0.310 e. The van der Waals surface area contributed by atoms with E-state index in [9.17, 15) is 0 Å². The second kappa shape index (κ2) is 6.53. The SMILES string of the molecule is CCCNC(Cc1ccn(C)n1)c1ccccc1C. The van der Waals surface area contributed by atoms with Crippen LogP contribution in [-0.4, -0.2) is 16.3 Å². The Morgan fingerprint density at radius 2 is 2.05 bits per heavy atom. The Labute approximate surface area is 115 Å². The van der Waals surface area contributed by atoms with Crippen LogP contribution in [0.2, 0.25) is 0 Å². The third-order valence-corrected chi connectivity index (χ3v) is 3.39. The molecule has 19 heavy (non-hydrogen) atoms. The maximum Gasteiger partial charge on any atom is 0.0643 e. The van der Waals surface area contributed by atoms with Gasteiger partial charge in [0.25, 0.3) is 0 Å². The van der Waals surface area contributed by atoms with Crippen molar-refractivity contribution in [2.75, 3.05) is 6.54 Å². The monoisotopic (exact) mass is 257 g/mol. The predicted molar refractivity (Wildman–Crippen MR) is 79.1 cm³/mol. The smallest absolute Gasteiger partial charge is 0.0643 e. The summed E-state index contributed by atoms with van der Waals surface area (Å²) in [6.45, 7) is 5.41. The van der Waals surface area contributed by atoms with Crippen LogP contribution in [0.15, 0.2) is 36.5 Å². The van der Waals surface area contributed by atoms with E-state index < -0.39 is 0 Å². The third kappa shape index (κ3) is 3.67. The van der Waals surface area contributed by atoms with Crippen LogP contribution in [0.25, 0.3) is 0 Å². The van der Waals surface area contributed by atoms with Crippen molar-refractivity contribution in [2.45, 2.75) is 32.7 Å². The molecule has 0 aliphatic carbocycles. The van der Waals surface area contributed by atoms with Crippen molar-refractivity contribution in [1.82, 2.24) is 15.1 Å². The van der Waals surface area contributed by atoms with Crippen LogP contribution in [0.3, 0.4) is 0 Å². The minimum absolute atomic E-state index is 0.344. The zero-order chi connectivity index (χ0) is 13.7. The standard InChI is InChI=1S/C16H23N3/c1-4-10-17-16(12-14-9-11-19(3)18-14)15-8-6-5-7-13(15)2/h5-9,11,16-17H,4,10,12H2,1-3H3. The first-order valence-electron chi connectivity index (χ1n) is 6.98. The summed E-state index contributed by atoms with van der Waals surface area (Å²) in [5.41, 5.74) is 3.85. The molecule has 3 nitrogen and oxygen atoms in total. The lowest BCUT2D eigenvalue weighted by Gasteiger charge is -2.20. The molecule has 1 heterocycles. The van der Waals surface area contributed by atoms with Crippen LogP contribution in [0.5, 0.6) is 0 Å². The zero-order valence-electron chi connectivity index (χ0n) is 12.1. The number of rotatable bonds is 6. The van der Waals surface area contributed by atoms with Crippen LogP contribution < -0.4 is 5.32 Å². The number of hydrogen-bond acceptors (Lipinski definition) is 2. The highest BCUT2D eigenvalue weighted by Gasteiger charge is 2.14. The van der Waals surface area contributed by atoms with E-state index >= 15 is 0 Å². The Kier molecular flexibility index (Phi) is 4.74. The second-order valence-corrected chi connectivity index (χ2v) is 5.05. The van der Waals surface area contributed by atoms with E-state index in [1.165, 1.54) is 11.1 Å². The topological polar surface area (TPSA) is 29.9 Å². The quantitative estimate of drug-likeness (QED) is 0.862. The van der Waals surface area contributed by atoms with Crippen LogP contribution in [0, 0.1) is 6.92 Å². The fraction of sp³-hybridized carbons (Fsp3) is 0.438. The first kappa shape index (κ1) is 13.8.